The van der Waals surface area contributed by atoms with Gasteiger partial charge < -0.3 is 15.7 Å². The lowest BCUT2D eigenvalue weighted by atomic mass is 10.1. The molecule has 0 heterocycles. The minimum absolute atomic E-state index is 0.207. The SMILES string of the molecule is CC(O)CCN(C)C(=O)c1cc(N)c(Cl)c(Cl)c1. The van der Waals surface area contributed by atoms with Crippen LogP contribution in [0.4, 0.5) is 5.69 Å². The van der Waals surface area contributed by atoms with Crippen molar-refractivity contribution in [3.05, 3.63) is 27.7 Å². The molecule has 0 radical (unpaired) electrons. The fourth-order valence-electron chi connectivity index (χ4n) is 1.44. The molecule has 0 aliphatic carbocycles. The largest absolute Gasteiger partial charge is 0.397 e. The number of nitrogen functional groups attached to an aromatic ring is 1. The smallest absolute Gasteiger partial charge is 0.253 e. The van der Waals surface area contributed by atoms with Crippen LogP contribution in [0.5, 0.6) is 0 Å². The summed E-state index contributed by atoms with van der Waals surface area (Å²) < 4.78 is 0. The van der Waals surface area contributed by atoms with Crippen molar-refractivity contribution in [1.82, 2.24) is 4.90 Å². The quantitative estimate of drug-likeness (QED) is 0.837. The number of nitrogens with two attached hydrogens (primary N) is 1. The first-order chi connectivity index (χ1) is 8.32. The Balaban J connectivity index is 2.84. The van der Waals surface area contributed by atoms with E-state index in [0.717, 1.165) is 0 Å². The number of benzene rings is 1. The van der Waals surface area contributed by atoms with Crippen LogP contribution in [0.15, 0.2) is 12.1 Å². The summed E-state index contributed by atoms with van der Waals surface area (Å²) in [5.41, 5.74) is 6.31. The Labute approximate surface area is 116 Å². The third kappa shape index (κ3) is 3.77. The number of hydrogen-bond donors (Lipinski definition) is 2. The molecule has 6 heteroatoms. The van der Waals surface area contributed by atoms with Gasteiger partial charge in [-0.2, -0.15) is 0 Å². The molecule has 0 aliphatic heterocycles. The van der Waals surface area contributed by atoms with E-state index in [9.17, 15) is 9.90 Å². The van der Waals surface area contributed by atoms with Gasteiger partial charge in [-0.1, -0.05) is 23.2 Å². The molecule has 1 aromatic carbocycles. The van der Waals surface area contributed by atoms with E-state index in [2.05, 4.69) is 0 Å². The summed E-state index contributed by atoms with van der Waals surface area (Å²) in [6.45, 7) is 2.13. The Morgan fingerprint density at radius 3 is 2.61 bits per heavy atom. The number of halogens is 2. The van der Waals surface area contributed by atoms with E-state index in [0.29, 0.717) is 18.5 Å². The van der Waals surface area contributed by atoms with Crippen LogP contribution >= 0.6 is 23.2 Å². The minimum Gasteiger partial charge on any atom is -0.397 e. The Kier molecular flexibility index (Phi) is 5.26. The van der Waals surface area contributed by atoms with Crippen LogP contribution in [0, 0.1) is 0 Å². The molecule has 1 atom stereocenters. The second kappa shape index (κ2) is 6.27. The van der Waals surface area contributed by atoms with E-state index in [1.165, 1.54) is 17.0 Å². The summed E-state index contributed by atoms with van der Waals surface area (Å²) in [7, 11) is 1.66. The average molecular weight is 291 g/mol. The van der Waals surface area contributed by atoms with Crippen molar-refractivity contribution in [2.24, 2.45) is 0 Å². The van der Waals surface area contributed by atoms with Crippen LogP contribution in [-0.4, -0.2) is 35.6 Å². The molecule has 4 nitrogen and oxygen atoms in total. The second-order valence-corrected chi connectivity index (χ2v) is 5.01. The molecule has 0 fully saturated rings. The predicted octanol–water partition coefficient (Wildman–Crippen LogP) is 2.42. The maximum absolute atomic E-state index is 12.1. The van der Waals surface area contributed by atoms with E-state index in [4.69, 9.17) is 28.9 Å². The third-order valence-corrected chi connectivity index (χ3v) is 3.35. The summed E-state index contributed by atoms with van der Waals surface area (Å²) in [4.78, 5) is 13.6. The van der Waals surface area contributed by atoms with Crippen molar-refractivity contribution >= 4 is 34.8 Å². The fraction of sp³-hybridized carbons (Fsp3) is 0.417. The van der Waals surface area contributed by atoms with E-state index in [1.54, 1.807) is 14.0 Å². The van der Waals surface area contributed by atoms with Gasteiger partial charge in [0.15, 0.2) is 0 Å². The van der Waals surface area contributed by atoms with Crippen molar-refractivity contribution in [1.29, 1.82) is 0 Å². The average Bonchev–Trinajstić information content (AvgIpc) is 2.31. The highest BCUT2D eigenvalue weighted by Crippen LogP contribution is 2.29. The standard InChI is InChI=1S/C12H16Cl2N2O2/c1-7(17)3-4-16(2)12(18)8-5-9(13)11(14)10(15)6-8/h5-7,17H,3-4,15H2,1-2H3. The van der Waals surface area contributed by atoms with Crippen molar-refractivity contribution in [2.75, 3.05) is 19.3 Å². The summed E-state index contributed by atoms with van der Waals surface area (Å²) in [6, 6.07) is 2.98. The molecule has 100 valence electrons. The van der Waals surface area contributed by atoms with Gasteiger partial charge in [0.05, 0.1) is 21.8 Å². The summed E-state index contributed by atoms with van der Waals surface area (Å²) >= 11 is 11.7. The molecule has 0 saturated heterocycles. The molecule has 1 unspecified atom stereocenters. The van der Waals surface area contributed by atoms with Gasteiger partial charge in [-0.05, 0) is 25.5 Å². The molecule has 18 heavy (non-hydrogen) atoms. The van der Waals surface area contributed by atoms with Gasteiger partial charge >= 0.3 is 0 Å². The number of rotatable bonds is 4. The van der Waals surface area contributed by atoms with Gasteiger partial charge in [0, 0.05) is 19.2 Å². The molecular weight excluding hydrogens is 275 g/mol. The highest BCUT2D eigenvalue weighted by Gasteiger charge is 2.15. The lowest BCUT2D eigenvalue weighted by molar-refractivity contribution is 0.0769. The van der Waals surface area contributed by atoms with Gasteiger partial charge in [-0.25, -0.2) is 0 Å². The molecule has 1 rings (SSSR count). The van der Waals surface area contributed by atoms with E-state index in [-0.39, 0.29) is 21.6 Å². The van der Waals surface area contributed by atoms with Crippen LogP contribution in [0.1, 0.15) is 23.7 Å². The molecule has 0 bridgehead atoms. The highest BCUT2D eigenvalue weighted by atomic mass is 35.5. The maximum atomic E-state index is 12.1. The monoisotopic (exact) mass is 290 g/mol. The number of aliphatic hydroxyl groups is 1. The maximum Gasteiger partial charge on any atom is 0.253 e. The number of nitrogens with zero attached hydrogens (tertiary/aromatic N) is 1. The lowest BCUT2D eigenvalue weighted by Gasteiger charge is -2.18. The second-order valence-electron chi connectivity index (χ2n) is 4.23. The molecule has 1 aromatic rings. The molecule has 0 spiro atoms. The third-order valence-electron chi connectivity index (χ3n) is 2.53. The van der Waals surface area contributed by atoms with Crippen LogP contribution in [0.25, 0.3) is 0 Å². The number of aliphatic hydroxyl groups excluding tert-OH is 1. The van der Waals surface area contributed by atoms with Crippen molar-refractivity contribution in [2.45, 2.75) is 19.4 Å². The zero-order valence-corrected chi connectivity index (χ0v) is 11.8. The predicted molar refractivity (Wildman–Crippen MR) is 74.1 cm³/mol. The zero-order valence-electron chi connectivity index (χ0n) is 10.3. The topological polar surface area (TPSA) is 66.6 Å². The Hall–Kier alpha value is -0.970. The van der Waals surface area contributed by atoms with E-state index < -0.39 is 6.10 Å². The minimum atomic E-state index is -0.445. The molecular formula is C12H16Cl2N2O2. The van der Waals surface area contributed by atoms with E-state index in [1.807, 2.05) is 0 Å². The van der Waals surface area contributed by atoms with Crippen molar-refractivity contribution in [3.8, 4) is 0 Å². The molecule has 0 aliphatic rings. The highest BCUT2D eigenvalue weighted by molar-refractivity contribution is 6.43. The van der Waals surface area contributed by atoms with Gasteiger partial charge in [0.2, 0.25) is 0 Å². The summed E-state index contributed by atoms with van der Waals surface area (Å²) in [5, 5.41) is 9.69. The fourth-order valence-corrected chi connectivity index (χ4v) is 1.77. The number of carbonyl (C=O) groups excluding carboxylic acids is 1. The molecule has 3 N–H and O–H groups in total. The number of hydrogen-bond acceptors (Lipinski definition) is 3. The molecule has 0 aromatic heterocycles. The van der Waals surface area contributed by atoms with Gasteiger partial charge in [0.25, 0.3) is 5.91 Å². The zero-order chi connectivity index (χ0) is 13.9. The van der Waals surface area contributed by atoms with Crippen molar-refractivity contribution in [3.63, 3.8) is 0 Å². The number of anilines is 1. The van der Waals surface area contributed by atoms with Gasteiger partial charge in [-0.3, -0.25) is 4.79 Å². The lowest BCUT2D eigenvalue weighted by Crippen LogP contribution is -2.29. The van der Waals surface area contributed by atoms with Crippen LogP contribution < -0.4 is 5.73 Å². The Bertz CT molecular complexity index is 427. The van der Waals surface area contributed by atoms with Crippen molar-refractivity contribution < 1.29 is 9.90 Å². The van der Waals surface area contributed by atoms with Crippen LogP contribution in [0.3, 0.4) is 0 Å². The Morgan fingerprint density at radius 2 is 2.11 bits per heavy atom. The van der Waals surface area contributed by atoms with Gasteiger partial charge in [-0.15, -0.1) is 0 Å². The summed E-state index contributed by atoms with van der Waals surface area (Å²) in [5.74, 6) is -0.207. The van der Waals surface area contributed by atoms with E-state index >= 15 is 0 Å². The van der Waals surface area contributed by atoms with Gasteiger partial charge in [0.1, 0.15) is 0 Å². The Morgan fingerprint density at radius 1 is 1.50 bits per heavy atom. The van der Waals surface area contributed by atoms with Crippen LogP contribution in [0.2, 0.25) is 10.0 Å². The first-order valence-electron chi connectivity index (χ1n) is 5.51. The number of carbonyl (C=O) groups is 1. The first-order valence-corrected chi connectivity index (χ1v) is 6.26. The first kappa shape index (κ1) is 15.1. The summed E-state index contributed by atoms with van der Waals surface area (Å²) in [6.07, 6.45) is 0.0677. The van der Waals surface area contributed by atoms with Crippen LogP contribution in [-0.2, 0) is 0 Å². The molecule has 1 amide bonds. The normalized spacial score (nSPS) is 12.3. The molecule has 0 saturated carbocycles. The number of amides is 1.